The van der Waals surface area contributed by atoms with E-state index in [1.165, 1.54) is 53.6 Å². The predicted octanol–water partition coefficient (Wildman–Crippen LogP) is 17.1. The van der Waals surface area contributed by atoms with Crippen LogP contribution in [0.4, 0.5) is 17.1 Å². The van der Waals surface area contributed by atoms with Crippen molar-refractivity contribution in [2.24, 2.45) is 0 Å². The van der Waals surface area contributed by atoms with E-state index in [-0.39, 0.29) is 0 Å². The monoisotopic (exact) mass is 849 g/mol. The fraction of sp³-hybridized carbons (Fsp3) is 0.0164. The Hall–Kier alpha value is -8.18. The van der Waals surface area contributed by atoms with E-state index in [0.717, 1.165) is 62.3 Å². The first kappa shape index (κ1) is 37.4. The smallest absolute Gasteiger partial charge is 0.178 e. The summed E-state index contributed by atoms with van der Waals surface area (Å²) in [4.78, 5) is 2.41. The Morgan fingerprint density at radius 2 is 0.969 bits per heavy atom. The van der Waals surface area contributed by atoms with Crippen molar-refractivity contribution in [3.05, 3.63) is 259 Å². The Morgan fingerprint density at radius 3 is 1.77 bits per heavy atom. The Bertz CT molecular complexity index is 3600. The normalized spacial score (nSPS) is 14.5. The lowest BCUT2D eigenvalue weighted by molar-refractivity contribution is 0.360. The zero-order valence-electron chi connectivity index (χ0n) is 35.2. The highest BCUT2D eigenvalue weighted by Gasteiger charge is 2.48. The van der Waals surface area contributed by atoms with Gasteiger partial charge in [-0.1, -0.05) is 182 Å². The molecule has 2 aliphatic rings. The van der Waals surface area contributed by atoms with Crippen LogP contribution in [0.3, 0.4) is 0 Å². The van der Waals surface area contributed by atoms with Crippen molar-refractivity contribution in [3.63, 3.8) is 0 Å². The Morgan fingerprint density at radius 1 is 0.369 bits per heavy atom. The van der Waals surface area contributed by atoms with Gasteiger partial charge >= 0.3 is 0 Å². The molecule has 0 N–H and O–H groups in total. The van der Waals surface area contributed by atoms with Gasteiger partial charge in [0.1, 0.15) is 0 Å². The number of anilines is 3. The molecule has 3 nitrogen and oxygen atoms in total. The summed E-state index contributed by atoms with van der Waals surface area (Å²) < 4.78 is 15.8. The molecule has 65 heavy (non-hydrogen) atoms. The molecule has 306 valence electrons. The molecule has 1 aromatic heterocycles. The molecule has 4 heteroatoms. The molecule has 1 aliphatic heterocycles. The number of rotatable bonds is 7. The van der Waals surface area contributed by atoms with Gasteiger partial charge in [0, 0.05) is 42.7 Å². The number of benzene rings is 10. The number of ether oxygens (including phenoxy) is 2. The van der Waals surface area contributed by atoms with E-state index in [4.69, 9.17) is 9.47 Å². The van der Waals surface area contributed by atoms with Crippen molar-refractivity contribution >= 4 is 48.6 Å². The van der Waals surface area contributed by atoms with Crippen LogP contribution in [-0.4, -0.2) is 0 Å². The molecule has 0 amide bonds. The molecule has 0 fully saturated rings. The lowest BCUT2D eigenvalue weighted by atomic mass is 9.67. The van der Waals surface area contributed by atoms with E-state index in [1.54, 1.807) is 0 Å². The Balaban J connectivity index is 0.917. The summed E-state index contributed by atoms with van der Waals surface area (Å²) in [7, 11) is 0. The zero-order valence-corrected chi connectivity index (χ0v) is 36.0. The predicted molar refractivity (Wildman–Crippen MR) is 269 cm³/mol. The van der Waals surface area contributed by atoms with Crippen LogP contribution in [-0.2, 0) is 5.41 Å². The van der Waals surface area contributed by atoms with Gasteiger partial charge < -0.3 is 14.4 Å². The van der Waals surface area contributed by atoms with E-state index in [9.17, 15) is 0 Å². The van der Waals surface area contributed by atoms with Crippen LogP contribution in [0.2, 0.25) is 0 Å². The highest BCUT2D eigenvalue weighted by atomic mass is 32.1. The van der Waals surface area contributed by atoms with Crippen LogP contribution in [0.15, 0.2) is 237 Å². The van der Waals surface area contributed by atoms with Crippen LogP contribution >= 0.6 is 11.3 Å². The largest absolute Gasteiger partial charge is 0.449 e. The van der Waals surface area contributed by atoms with Gasteiger partial charge in [-0.25, -0.2) is 0 Å². The number of nitrogens with zero attached hydrogens (tertiary/aromatic N) is 1. The van der Waals surface area contributed by atoms with Crippen LogP contribution in [0.1, 0.15) is 22.3 Å². The average molecular weight is 850 g/mol. The van der Waals surface area contributed by atoms with Crippen molar-refractivity contribution in [2.75, 3.05) is 4.90 Å². The molecule has 1 atom stereocenters. The van der Waals surface area contributed by atoms with Crippen molar-refractivity contribution < 1.29 is 9.47 Å². The van der Waals surface area contributed by atoms with Gasteiger partial charge in [-0.15, -0.1) is 11.3 Å². The summed E-state index contributed by atoms with van der Waals surface area (Å²) in [5.74, 6) is 2.93. The molecular weight excluding hydrogens is 811 g/mol. The molecule has 0 saturated heterocycles. The van der Waals surface area contributed by atoms with Crippen LogP contribution < -0.4 is 14.4 Å². The fourth-order valence-electron chi connectivity index (χ4n) is 10.3. The van der Waals surface area contributed by atoms with Crippen LogP contribution in [0.25, 0.3) is 53.6 Å². The molecule has 11 aromatic rings. The molecule has 2 heterocycles. The van der Waals surface area contributed by atoms with Crippen LogP contribution in [0, 0.1) is 0 Å². The summed E-state index contributed by atoms with van der Waals surface area (Å²) in [5, 5.41) is 2.59. The molecule has 13 rings (SSSR count). The van der Waals surface area contributed by atoms with E-state index in [1.807, 2.05) is 35.6 Å². The maximum Gasteiger partial charge on any atom is 0.178 e. The van der Waals surface area contributed by atoms with Crippen molar-refractivity contribution in [1.29, 1.82) is 0 Å². The topological polar surface area (TPSA) is 21.7 Å². The molecule has 1 aliphatic carbocycles. The summed E-state index contributed by atoms with van der Waals surface area (Å²) in [6, 6.07) is 85.1. The average Bonchev–Trinajstić information content (AvgIpc) is 3.90. The van der Waals surface area contributed by atoms with E-state index >= 15 is 0 Å². The third kappa shape index (κ3) is 5.88. The molecular formula is C61H39NO2S. The third-order valence-electron chi connectivity index (χ3n) is 13.2. The lowest BCUT2D eigenvalue weighted by Gasteiger charge is -2.34. The van der Waals surface area contributed by atoms with E-state index < -0.39 is 5.41 Å². The number of hydrogen-bond acceptors (Lipinski definition) is 4. The summed E-state index contributed by atoms with van der Waals surface area (Å²) in [5.41, 5.74) is 14.4. The number of fused-ring (bicyclic) bond motifs is 9. The van der Waals surface area contributed by atoms with Gasteiger partial charge in [0.2, 0.25) is 0 Å². The van der Waals surface area contributed by atoms with Gasteiger partial charge in [0.15, 0.2) is 23.0 Å². The van der Waals surface area contributed by atoms with Gasteiger partial charge in [-0.05, 0) is 99.1 Å². The molecule has 0 saturated carbocycles. The molecule has 0 radical (unpaired) electrons. The quantitative estimate of drug-likeness (QED) is 0.159. The van der Waals surface area contributed by atoms with Crippen molar-refractivity contribution in [1.82, 2.24) is 0 Å². The van der Waals surface area contributed by atoms with Crippen molar-refractivity contribution in [3.8, 4) is 56.4 Å². The highest BCUT2D eigenvalue weighted by Crippen LogP contribution is 2.62. The fourth-order valence-corrected chi connectivity index (χ4v) is 11.5. The minimum atomic E-state index is -0.590. The molecule has 10 aromatic carbocycles. The lowest BCUT2D eigenvalue weighted by Crippen LogP contribution is -2.28. The second-order valence-corrected chi connectivity index (χ2v) is 17.8. The summed E-state index contributed by atoms with van der Waals surface area (Å²) in [6.07, 6.45) is 0. The minimum Gasteiger partial charge on any atom is -0.449 e. The minimum absolute atomic E-state index is 0.590. The first-order chi connectivity index (χ1) is 32.2. The van der Waals surface area contributed by atoms with Crippen LogP contribution in [0.5, 0.6) is 23.0 Å². The Labute approximate surface area is 381 Å². The maximum absolute atomic E-state index is 6.73. The third-order valence-corrected chi connectivity index (χ3v) is 14.4. The van der Waals surface area contributed by atoms with E-state index in [0.29, 0.717) is 0 Å². The van der Waals surface area contributed by atoms with Crippen molar-refractivity contribution in [2.45, 2.75) is 5.41 Å². The zero-order chi connectivity index (χ0) is 42.9. The van der Waals surface area contributed by atoms with Gasteiger partial charge in [0.25, 0.3) is 0 Å². The summed E-state index contributed by atoms with van der Waals surface area (Å²) in [6.45, 7) is 0. The highest BCUT2D eigenvalue weighted by molar-refractivity contribution is 7.25. The van der Waals surface area contributed by atoms with Gasteiger partial charge in [-0.3, -0.25) is 0 Å². The first-order valence-corrected chi connectivity index (χ1v) is 22.9. The van der Waals surface area contributed by atoms with Gasteiger partial charge in [-0.2, -0.15) is 0 Å². The molecule has 0 spiro atoms. The SMILES string of the molecule is c1ccc(-c2ccccc2N(c2ccc(-c3ccc(C4(c5ccccc5)c5ccccc5-c5c4ccc4c5Oc5ccccc5O4)cc3)cc2)c2ccc3c(c2)sc2ccccc23)cc1. The first-order valence-electron chi connectivity index (χ1n) is 22.1. The number of hydrogen-bond donors (Lipinski definition) is 0. The molecule has 0 bridgehead atoms. The number of para-hydroxylation sites is 3. The number of thiophene rings is 1. The second kappa shape index (κ2) is 15.0. The Kier molecular flexibility index (Phi) is 8.62. The standard InChI is InChI=1S/C61H39NO2S/c1-3-15-42(16-4-1)47-19-8-11-23-53(47)62(46-35-36-49-48-20-9-14-26-57(48)65-58(49)39-46)45-33-29-41(30-34-45)40-27-31-44(32-28-40)61(43-17-5-2-6-18-43)51-22-10-7-21-50(51)59-52(61)37-38-56-60(59)64-55-25-13-12-24-54(55)63-56/h1-39H. The second-order valence-electron chi connectivity index (χ2n) is 16.7. The van der Waals surface area contributed by atoms with E-state index in [2.05, 4.69) is 217 Å². The maximum atomic E-state index is 6.73. The van der Waals surface area contributed by atoms with Gasteiger partial charge in [0.05, 0.1) is 11.1 Å². The molecule has 1 unspecified atom stereocenters. The summed E-state index contributed by atoms with van der Waals surface area (Å²) >= 11 is 1.85.